The van der Waals surface area contributed by atoms with E-state index in [9.17, 15) is 0 Å². The first-order chi connectivity index (χ1) is 8.61. The van der Waals surface area contributed by atoms with Gasteiger partial charge in [-0.25, -0.2) is 0 Å². The van der Waals surface area contributed by atoms with Crippen LogP contribution in [0.5, 0.6) is 11.5 Å². The SMILES string of the molecule is CCNC(C)/C(C)=C/c1cc(Cl)c2c(c1)OCO2. The molecule has 0 saturated heterocycles. The Kier molecular flexibility index (Phi) is 4.15. The van der Waals surface area contributed by atoms with Gasteiger partial charge in [0.25, 0.3) is 0 Å². The number of hydrogen-bond acceptors (Lipinski definition) is 3. The van der Waals surface area contributed by atoms with Crippen LogP contribution in [0, 0.1) is 0 Å². The van der Waals surface area contributed by atoms with Crippen molar-refractivity contribution in [2.45, 2.75) is 26.8 Å². The van der Waals surface area contributed by atoms with E-state index >= 15 is 0 Å². The molecule has 2 rings (SSSR count). The van der Waals surface area contributed by atoms with Crippen LogP contribution in [0.1, 0.15) is 26.3 Å². The highest BCUT2D eigenvalue weighted by Crippen LogP contribution is 2.40. The highest BCUT2D eigenvalue weighted by molar-refractivity contribution is 6.32. The van der Waals surface area contributed by atoms with E-state index in [1.165, 1.54) is 5.57 Å². The molecule has 1 heterocycles. The molecule has 98 valence electrons. The van der Waals surface area contributed by atoms with Crippen molar-refractivity contribution >= 4 is 17.7 Å². The van der Waals surface area contributed by atoms with Crippen molar-refractivity contribution < 1.29 is 9.47 Å². The third-order valence-electron chi connectivity index (χ3n) is 3.04. The van der Waals surface area contributed by atoms with E-state index < -0.39 is 0 Å². The molecule has 1 aromatic carbocycles. The summed E-state index contributed by atoms with van der Waals surface area (Å²) < 4.78 is 10.6. The van der Waals surface area contributed by atoms with Crippen molar-refractivity contribution in [3.05, 3.63) is 28.3 Å². The number of benzene rings is 1. The summed E-state index contributed by atoms with van der Waals surface area (Å²) in [6.07, 6.45) is 2.11. The molecular formula is C14H18ClNO2. The summed E-state index contributed by atoms with van der Waals surface area (Å²) >= 11 is 6.15. The van der Waals surface area contributed by atoms with Crippen LogP contribution in [0.2, 0.25) is 5.02 Å². The molecular weight excluding hydrogens is 250 g/mol. The minimum Gasteiger partial charge on any atom is -0.454 e. The first-order valence-corrected chi connectivity index (χ1v) is 6.50. The Labute approximate surface area is 113 Å². The number of hydrogen-bond donors (Lipinski definition) is 1. The Bertz CT molecular complexity index is 471. The molecule has 3 nitrogen and oxygen atoms in total. The standard InChI is InChI=1S/C14H18ClNO2/c1-4-16-10(3)9(2)5-11-6-12(15)14-13(7-11)17-8-18-14/h5-7,10,16H,4,8H2,1-3H3/b9-5+. The summed E-state index contributed by atoms with van der Waals surface area (Å²) in [5.74, 6) is 1.36. The second kappa shape index (κ2) is 5.63. The molecule has 0 radical (unpaired) electrons. The van der Waals surface area contributed by atoms with Crippen LogP contribution >= 0.6 is 11.6 Å². The predicted molar refractivity (Wildman–Crippen MR) is 74.4 cm³/mol. The lowest BCUT2D eigenvalue weighted by Crippen LogP contribution is -2.26. The largest absolute Gasteiger partial charge is 0.454 e. The van der Waals surface area contributed by atoms with Crippen LogP contribution in [-0.2, 0) is 0 Å². The normalized spacial score (nSPS) is 15.9. The lowest BCUT2D eigenvalue weighted by molar-refractivity contribution is 0.174. The summed E-state index contributed by atoms with van der Waals surface area (Å²) in [7, 11) is 0. The van der Waals surface area contributed by atoms with Crippen LogP contribution in [-0.4, -0.2) is 19.4 Å². The van der Waals surface area contributed by atoms with E-state index in [-0.39, 0.29) is 6.79 Å². The van der Waals surface area contributed by atoms with Gasteiger partial charge >= 0.3 is 0 Å². The fourth-order valence-electron chi connectivity index (χ4n) is 1.93. The minimum absolute atomic E-state index is 0.245. The van der Waals surface area contributed by atoms with Gasteiger partial charge in [-0.05, 0) is 38.1 Å². The fraction of sp³-hybridized carbons (Fsp3) is 0.429. The molecule has 1 aliphatic heterocycles. The average Bonchev–Trinajstić information content (AvgIpc) is 2.77. The lowest BCUT2D eigenvalue weighted by atomic mass is 10.1. The van der Waals surface area contributed by atoms with Gasteiger partial charge in [0.05, 0.1) is 5.02 Å². The zero-order valence-electron chi connectivity index (χ0n) is 10.9. The summed E-state index contributed by atoms with van der Waals surface area (Å²) in [5.41, 5.74) is 2.29. The molecule has 0 fully saturated rings. The van der Waals surface area contributed by atoms with E-state index in [1.54, 1.807) is 0 Å². The number of rotatable bonds is 4. The van der Waals surface area contributed by atoms with Gasteiger partial charge in [-0.15, -0.1) is 0 Å². The first kappa shape index (κ1) is 13.2. The van der Waals surface area contributed by atoms with Gasteiger partial charge in [0, 0.05) is 6.04 Å². The van der Waals surface area contributed by atoms with Gasteiger partial charge < -0.3 is 14.8 Å². The van der Waals surface area contributed by atoms with Gasteiger partial charge in [-0.3, -0.25) is 0 Å². The second-order valence-electron chi connectivity index (χ2n) is 4.40. The van der Waals surface area contributed by atoms with E-state index in [2.05, 4.69) is 32.2 Å². The average molecular weight is 268 g/mol. The molecule has 0 amide bonds. The molecule has 1 unspecified atom stereocenters. The molecule has 1 aliphatic rings. The maximum Gasteiger partial charge on any atom is 0.231 e. The second-order valence-corrected chi connectivity index (χ2v) is 4.81. The van der Waals surface area contributed by atoms with E-state index in [1.807, 2.05) is 12.1 Å². The summed E-state index contributed by atoms with van der Waals surface area (Å²) in [4.78, 5) is 0. The molecule has 4 heteroatoms. The molecule has 1 aromatic rings. The maximum absolute atomic E-state index is 6.15. The molecule has 0 saturated carbocycles. The zero-order valence-corrected chi connectivity index (χ0v) is 11.7. The van der Waals surface area contributed by atoms with Crippen LogP contribution < -0.4 is 14.8 Å². The van der Waals surface area contributed by atoms with Gasteiger partial charge in [-0.2, -0.15) is 0 Å². The van der Waals surface area contributed by atoms with Gasteiger partial charge in [0.15, 0.2) is 11.5 Å². The predicted octanol–water partition coefficient (Wildman–Crippen LogP) is 3.47. The first-order valence-electron chi connectivity index (χ1n) is 6.12. The minimum atomic E-state index is 0.245. The van der Waals surface area contributed by atoms with E-state index in [0.717, 1.165) is 17.9 Å². The van der Waals surface area contributed by atoms with Crippen molar-refractivity contribution in [3.8, 4) is 11.5 Å². The summed E-state index contributed by atoms with van der Waals surface area (Å²) in [5, 5.41) is 3.97. The van der Waals surface area contributed by atoms with Crippen molar-refractivity contribution in [2.75, 3.05) is 13.3 Å². The van der Waals surface area contributed by atoms with Gasteiger partial charge in [0.2, 0.25) is 6.79 Å². The molecule has 18 heavy (non-hydrogen) atoms. The summed E-state index contributed by atoms with van der Waals surface area (Å²) in [6, 6.07) is 4.20. The Balaban J connectivity index is 2.24. The Hall–Kier alpha value is -1.19. The fourth-order valence-corrected chi connectivity index (χ4v) is 2.20. The van der Waals surface area contributed by atoms with Crippen molar-refractivity contribution in [1.29, 1.82) is 0 Å². The van der Waals surface area contributed by atoms with Gasteiger partial charge in [-0.1, -0.05) is 30.2 Å². The molecule has 0 bridgehead atoms. The van der Waals surface area contributed by atoms with Gasteiger partial charge in [0.1, 0.15) is 0 Å². The van der Waals surface area contributed by atoms with Crippen molar-refractivity contribution in [1.82, 2.24) is 5.32 Å². The highest BCUT2D eigenvalue weighted by atomic mass is 35.5. The number of nitrogens with one attached hydrogen (secondary N) is 1. The monoisotopic (exact) mass is 267 g/mol. The topological polar surface area (TPSA) is 30.5 Å². The molecule has 0 aliphatic carbocycles. The summed E-state index contributed by atoms with van der Waals surface area (Å²) in [6.45, 7) is 7.54. The van der Waals surface area contributed by atoms with Crippen LogP contribution in [0.3, 0.4) is 0 Å². The van der Waals surface area contributed by atoms with Crippen LogP contribution in [0.4, 0.5) is 0 Å². The third-order valence-corrected chi connectivity index (χ3v) is 3.32. The highest BCUT2D eigenvalue weighted by Gasteiger charge is 2.17. The Morgan fingerprint density at radius 3 is 3.00 bits per heavy atom. The van der Waals surface area contributed by atoms with Crippen molar-refractivity contribution in [2.24, 2.45) is 0 Å². The number of fused-ring (bicyclic) bond motifs is 1. The van der Waals surface area contributed by atoms with E-state index in [0.29, 0.717) is 16.8 Å². The Morgan fingerprint density at radius 2 is 2.28 bits per heavy atom. The number of ether oxygens (including phenoxy) is 2. The van der Waals surface area contributed by atoms with E-state index in [4.69, 9.17) is 21.1 Å². The van der Waals surface area contributed by atoms with Crippen LogP contribution in [0.25, 0.3) is 6.08 Å². The number of halogens is 1. The van der Waals surface area contributed by atoms with Crippen LogP contribution in [0.15, 0.2) is 17.7 Å². The Morgan fingerprint density at radius 1 is 1.50 bits per heavy atom. The lowest BCUT2D eigenvalue weighted by Gasteiger charge is -2.13. The van der Waals surface area contributed by atoms with Crippen molar-refractivity contribution in [3.63, 3.8) is 0 Å². The molecule has 0 spiro atoms. The number of likely N-dealkylation sites (N-methyl/N-ethyl adjacent to an activating group) is 1. The molecule has 1 atom stereocenters. The molecule has 0 aromatic heterocycles. The molecule has 1 N–H and O–H groups in total. The quantitative estimate of drug-likeness (QED) is 0.906. The maximum atomic E-state index is 6.15. The third kappa shape index (κ3) is 2.79. The smallest absolute Gasteiger partial charge is 0.231 e. The zero-order chi connectivity index (χ0) is 13.1.